The van der Waals surface area contributed by atoms with E-state index in [-0.39, 0.29) is 52.7 Å². The minimum atomic E-state index is -1.22. The van der Waals surface area contributed by atoms with Crippen LogP contribution in [0.5, 0.6) is 0 Å². The smallest absolute Gasteiger partial charge is 0.359 e. The molecule has 0 amide bonds. The SMILES string of the molecule is CC[NH+](CC(=O)[O-])CC(=O)O.OCCN(CCO)CCO.OCCN(CCO)CCO. The van der Waals surface area contributed by atoms with Crippen LogP contribution in [0.25, 0.3) is 0 Å². The number of carbonyl (C=O) groups excluding carboxylic acids is 1. The topological polar surface area (TPSA) is 210 Å². The predicted molar refractivity (Wildman–Crippen MR) is 109 cm³/mol. The van der Waals surface area contributed by atoms with Crippen LogP contribution in [0.1, 0.15) is 6.92 Å². The molecule has 8 N–H and O–H groups in total. The Morgan fingerprint density at radius 3 is 1.13 bits per heavy atom. The van der Waals surface area contributed by atoms with Crippen LogP contribution in [0.15, 0.2) is 0 Å². The Morgan fingerprint density at radius 2 is 0.968 bits per heavy atom. The lowest BCUT2D eigenvalue weighted by atomic mass is 10.4. The van der Waals surface area contributed by atoms with Gasteiger partial charge in [-0.15, -0.1) is 0 Å². The molecular formula is C18H41N3O10. The van der Waals surface area contributed by atoms with E-state index in [0.717, 1.165) is 0 Å². The standard InChI is InChI=1S/C6H11NO4.2C6H15NO3/c1-2-7(3-5(8)9)4-6(10)11;2*8-4-1-7(2-5-9)3-6-10/h2-4H2,1H3,(H,8,9)(H,10,11);2*8-10H,1-6H2. The van der Waals surface area contributed by atoms with Gasteiger partial charge in [0.25, 0.3) is 0 Å². The van der Waals surface area contributed by atoms with Crippen LogP contribution in [0, 0.1) is 0 Å². The average molecular weight is 460 g/mol. The molecule has 1 unspecified atom stereocenters. The highest BCUT2D eigenvalue weighted by Crippen LogP contribution is 1.85. The third kappa shape index (κ3) is 28.6. The van der Waals surface area contributed by atoms with Gasteiger partial charge in [-0.1, -0.05) is 0 Å². The molecule has 0 spiro atoms. The van der Waals surface area contributed by atoms with Gasteiger partial charge in [0, 0.05) is 39.3 Å². The molecule has 0 aliphatic heterocycles. The molecule has 0 radical (unpaired) electrons. The highest BCUT2D eigenvalue weighted by Gasteiger charge is 2.10. The molecule has 0 aromatic heterocycles. The summed E-state index contributed by atoms with van der Waals surface area (Å²) in [6.45, 7) is 5.28. The number of carboxylic acids is 2. The van der Waals surface area contributed by atoms with Gasteiger partial charge in [0.05, 0.1) is 52.2 Å². The zero-order valence-electron chi connectivity index (χ0n) is 18.4. The molecule has 13 nitrogen and oxygen atoms in total. The molecule has 188 valence electrons. The Bertz CT molecular complexity index is 342. The summed E-state index contributed by atoms with van der Waals surface area (Å²) < 4.78 is 0. The number of aliphatic hydroxyl groups excluding tert-OH is 6. The maximum absolute atomic E-state index is 10.1. The first-order chi connectivity index (χ1) is 14.7. The summed E-state index contributed by atoms with van der Waals surface area (Å²) in [5.41, 5.74) is 0. The first-order valence-electron chi connectivity index (χ1n) is 10.1. The molecule has 0 aliphatic rings. The van der Waals surface area contributed by atoms with Gasteiger partial charge in [-0.2, -0.15) is 0 Å². The number of nitrogens with one attached hydrogen (secondary N) is 1. The summed E-state index contributed by atoms with van der Waals surface area (Å²) in [4.78, 5) is 24.2. The van der Waals surface area contributed by atoms with Gasteiger partial charge in [-0.25, -0.2) is 4.79 Å². The largest absolute Gasteiger partial charge is 0.544 e. The fourth-order valence-electron chi connectivity index (χ4n) is 2.25. The van der Waals surface area contributed by atoms with E-state index in [1.807, 2.05) is 0 Å². The van der Waals surface area contributed by atoms with E-state index in [9.17, 15) is 14.7 Å². The Hall–Kier alpha value is -1.42. The number of hydrogen-bond donors (Lipinski definition) is 8. The van der Waals surface area contributed by atoms with E-state index in [2.05, 4.69) is 0 Å². The second-order valence-electron chi connectivity index (χ2n) is 6.25. The summed E-state index contributed by atoms with van der Waals surface area (Å²) in [6, 6.07) is 0. The maximum Gasteiger partial charge on any atom is 0.359 e. The van der Waals surface area contributed by atoms with Crippen LogP contribution < -0.4 is 10.0 Å². The van der Waals surface area contributed by atoms with Gasteiger partial charge in [-0.3, -0.25) is 9.80 Å². The molecule has 0 aliphatic carbocycles. The van der Waals surface area contributed by atoms with Gasteiger partial charge in [0.1, 0.15) is 6.54 Å². The van der Waals surface area contributed by atoms with Crippen LogP contribution in [-0.4, -0.2) is 156 Å². The summed E-state index contributed by atoms with van der Waals surface area (Å²) in [5, 5.41) is 69.2. The quantitative estimate of drug-likeness (QED) is 0.102. The zero-order valence-corrected chi connectivity index (χ0v) is 18.4. The molecule has 0 heterocycles. The van der Waals surface area contributed by atoms with Crippen molar-refractivity contribution >= 4 is 11.9 Å². The first kappa shape index (κ1) is 34.2. The number of aliphatic hydroxyl groups is 6. The molecule has 31 heavy (non-hydrogen) atoms. The average Bonchev–Trinajstić information content (AvgIpc) is 2.69. The number of carbonyl (C=O) groups is 2. The molecule has 0 saturated heterocycles. The van der Waals surface area contributed by atoms with E-state index >= 15 is 0 Å². The van der Waals surface area contributed by atoms with E-state index in [1.165, 1.54) is 0 Å². The van der Waals surface area contributed by atoms with Crippen LogP contribution in [0.2, 0.25) is 0 Å². The van der Waals surface area contributed by atoms with Crippen LogP contribution >= 0.6 is 0 Å². The number of rotatable bonds is 17. The van der Waals surface area contributed by atoms with Crippen molar-refractivity contribution in [1.82, 2.24) is 9.80 Å². The van der Waals surface area contributed by atoms with Gasteiger partial charge in [0.2, 0.25) is 0 Å². The molecular weight excluding hydrogens is 418 g/mol. The van der Waals surface area contributed by atoms with Gasteiger partial charge < -0.3 is 50.5 Å². The Morgan fingerprint density at radius 1 is 0.677 bits per heavy atom. The Labute approximate surface area is 183 Å². The molecule has 0 aromatic rings. The number of carboxylic acid groups (broad SMARTS) is 2. The fourth-order valence-corrected chi connectivity index (χ4v) is 2.25. The first-order valence-corrected chi connectivity index (χ1v) is 10.1. The minimum Gasteiger partial charge on any atom is -0.544 e. The van der Waals surface area contributed by atoms with Gasteiger partial charge >= 0.3 is 5.97 Å². The molecule has 0 aromatic carbocycles. The van der Waals surface area contributed by atoms with Crippen molar-refractivity contribution < 1.29 is 55.3 Å². The highest BCUT2D eigenvalue weighted by atomic mass is 16.4. The molecule has 13 heteroatoms. The van der Waals surface area contributed by atoms with Crippen LogP contribution in [-0.2, 0) is 9.59 Å². The van der Waals surface area contributed by atoms with E-state index < -0.39 is 11.9 Å². The van der Waals surface area contributed by atoms with Crippen molar-refractivity contribution in [3.05, 3.63) is 0 Å². The van der Waals surface area contributed by atoms with Gasteiger partial charge in [-0.05, 0) is 6.92 Å². The number of aliphatic carboxylic acids is 2. The summed E-state index contributed by atoms with van der Waals surface area (Å²) in [5.74, 6) is -2.22. The number of hydrogen-bond acceptors (Lipinski definition) is 11. The van der Waals surface area contributed by atoms with Crippen molar-refractivity contribution in [3.8, 4) is 0 Å². The number of nitrogens with zero attached hydrogens (tertiary/aromatic N) is 2. The molecule has 0 bridgehead atoms. The summed E-state index contributed by atoms with van der Waals surface area (Å²) in [7, 11) is 0. The number of quaternary nitrogens is 1. The summed E-state index contributed by atoms with van der Waals surface area (Å²) >= 11 is 0. The monoisotopic (exact) mass is 459 g/mol. The Balaban J connectivity index is -0.000000380. The second kappa shape index (κ2) is 26.6. The van der Waals surface area contributed by atoms with E-state index in [0.29, 0.717) is 50.7 Å². The third-order valence-corrected chi connectivity index (χ3v) is 3.79. The Kier molecular flexibility index (Phi) is 29.4. The lowest BCUT2D eigenvalue weighted by Crippen LogP contribution is -3.13. The van der Waals surface area contributed by atoms with Gasteiger partial charge in [0.15, 0.2) is 6.54 Å². The lowest BCUT2D eigenvalue weighted by Gasteiger charge is -2.17. The maximum atomic E-state index is 10.1. The fraction of sp³-hybridized carbons (Fsp3) is 0.889. The van der Waals surface area contributed by atoms with Crippen molar-refractivity contribution in [2.24, 2.45) is 0 Å². The van der Waals surface area contributed by atoms with Crippen molar-refractivity contribution in [3.63, 3.8) is 0 Å². The minimum absolute atomic E-state index is 0.0694. The van der Waals surface area contributed by atoms with Crippen LogP contribution in [0.4, 0.5) is 0 Å². The normalized spacial score (nSPS) is 11.4. The molecule has 0 saturated carbocycles. The van der Waals surface area contributed by atoms with Crippen molar-refractivity contribution in [1.29, 1.82) is 0 Å². The molecule has 0 fully saturated rings. The van der Waals surface area contributed by atoms with E-state index in [1.54, 1.807) is 16.7 Å². The third-order valence-electron chi connectivity index (χ3n) is 3.79. The molecule has 0 rings (SSSR count). The van der Waals surface area contributed by atoms with Crippen molar-refractivity contribution in [2.45, 2.75) is 6.92 Å². The van der Waals surface area contributed by atoms with Crippen molar-refractivity contribution in [2.75, 3.05) is 98.5 Å². The summed E-state index contributed by atoms with van der Waals surface area (Å²) in [6.07, 6.45) is 0. The highest BCUT2D eigenvalue weighted by molar-refractivity contribution is 5.68. The molecule has 1 atom stereocenters. The number of likely N-dealkylation sites (N-methyl/N-ethyl adjacent to an activating group) is 1. The zero-order chi connectivity index (χ0) is 24.5. The lowest BCUT2D eigenvalue weighted by molar-refractivity contribution is -0.885. The van der Waals surface area contributed by atoms with Crippen LogP contribution in [0.3, 0.4) is 0 Å². The predicted octanol–water partition coefficient (Wildman–Crippen LogP) is -6.74. The van der Waals surface area contributed by atoms with E-state index in [4.69, 9.17) is 35.7 Å². The second-order valence-corrected chi connectivity index (χ2v) is 6.25.